The highest BCUT2D eigenvalue weighted by atomic mass is 16.7. The van der Waals surface area contributed by atoms with Crippen molar-refractivity contribution in [3.05, 3.63) is 30.3 Å². The molecule has 0 aromatic heterocycles. The Morgan fingerprint density at radius 2 is 1.81 bits per heavy atom. The Bertz CT molecular complexity index is 462. The van der Waals surface area contributed by atoms with Crippen molar-refractivity contribution in [3.8, 4) is 0 Å². The van der Waals surface area contributed by atoms with Gasteiger partial charge in [-0.1, -0.05) is 18.2 Å². The van der Waals surface area contributed by atoms with Crippen LogP contribution in [0.5, 0.6) is 0 Å². The molecule has 0 unspecified atom stereocenters. The Morgan fingerprint density at radius 3 is 2.48 bits per heavy atom. The van der Waals surface area contributed by atoms with Gasteiger partial charge in [-0.05, 0) is 12.1 Å². The number of amides is 1. The Balaban J connectivity index is 1.39. The highest BCUT2D eigenvalue weighted by molar-refractivity contribution is 5.90. The van der Waals surface area contributed by atoms with Crippen LogP contribution in [-0.4, -0.2) is 49.4 Å². The molecule has 0 aliphatic carbocycles. The van der Waals surface area contributed by atoms with Crippen LogP contribution < -0.4 is 5.32 Å². The first-order valence-corrected chi connectivity index (χ1v) is 7.61. The second kappa shape index (κ2) is 6.56. The fraction of sp³-hybridized carbons (Fsp3) is 0.562. The minimum atomic E-state index is -0.331. The third kappa shape index (κ3) is 3.81. The van der Waals surface area contributed by atoms with E-state index in [-0.39, 0.29) is 11.7 Å². The molecule has 21 heavy (non-hydrogen) atoms. The number of nitrogens with zero attached hydrogens (tertiary/aromatic N) is 1. The van der Waals surface area contributed by atoms with Gasteiger partial charge in [-0.3, -0.25) is 4.79 Å². The van der Waals surface area contributed by atoms with Crippen molar-refractivity contribution in [2.24, 2.45) is 0 Å². The van der Waals surface area contributed by atoms with E-state index in [9.17, 15) is 4.79 Å². The Hall–Kier alpha value is -1.43. The third-order valence-electron chi connectivity index (χ3n) is 4.14. The number of para-hydroxylation sites is 1. The molecular formula is C16H22N2O3. The number of carbonyl (C=O) groups excluding carboxylic acids is 1. The van der Waals surface area contributed by atoms with Crippen LogP contribution in [0, 0.1) is 0 Å². The lowest BCUT2D eigenvalue weighted by molar-refractivity contribution is -0.185. The van der Waals surface area contributed by atoms with E-state index < -0.39 is 0 Å². The summed E-state index contributed by atoms with van der Waals surface area (Å²) >= 11 is 0. The largest absolute Gasteiger partial charge is 0.347 e. The molecule has 5 heteroatoms. The van der Waals surface area contributed by atoms with Crippen LogP contribution in [0.2, 0.25) is 0 Å². The maximum absolute atomic E-state index is 11.9. The van der Waals surface area contributed by atoms with Gasteiger partial charge in [0.15, 0.2) is 5.79 Å². The second-order valence-electron chi connectivity index (χ2n) is 5.61. The molecule has 1 amide bonds. The van der Waals surface area contributed by atoms with Crippen LogP contribution in [0.4, 0.5) is 5.69 Å². The van der Waals surface area contributed by atoms with Crippen LogP contribution in [0.25, 0.3) is 0 Å². The van der Waals surface area contributed by atoms with Crippen LogP contribution in [0.3, 0.4) is 0 Å². The average molecular weight is 290 g/mol. The van der Waals surface area contributed by atoms with Gasteiger partial charge in [0.25, 0.3) is 0 Å². The van der Waals surface area contributed by atoms with E-state index in [2.05, 4.69) is 10.2 Å². The first-order valence-electron chi connectivity index (χ1n) is 7.61. The van der Waals surface area contributed by atoms with Crippen molar-refractivity contribution in [1.82, 2.24) is 4.90 Å². The first kappa shape index (κ1) is 14.5. The van der Waals surface area contributed by atoms with Crippen LogP contribution in [0.1, 0.15) is 19.3 Å². The second-order valence-corrected chi connectivity index (χ2v) is 5.61. The maximum atomic E-state index is 11.9. The molecule has 2 aliphatic heterocycles. The minimum Gasteiger partial charge on any atom is -0.347 e. The molecule has 0 atom stereocenters. The number of anilines is 1. The van der Waals surface area contributed by atoms with Gasteiger partial charge in [-0.25, -0.2) is 0 Å². The van der Waals surface area contributed by atoms with Crippen LogP contribution in [-0.2, 0) is 14.3 Å². The lowest BCUT2D eigenvalue weighted by Crippen LogP contribution is -2.45. The smallest absolute Gasteiger partial charge is 0.225 e. The molecule has 1 spiro atoms. The van der Waals surface area contributed by atoms with Gasteiger partial charge in [-0.2, -0.15) is 0 Å². The summed E-state index contributed by atoms with van der Waals surface area (Å²) in [6, 6.07) is 9.57. The van der Waals surface area contributed by atoms with E-state index >= 15 is 0 Å². The predicted octanol–water partition coefficient (Wildman–Crippen LogP) is 1.85. The summed E-state index contributed by atoms with van der Waals surface area (Å²) in [5, 5.41) is 2.92. The van der Waals surface area contributed by atoms with Gasteiger partial charge < -0.3 is 19.7 Å². The molecule has 1 N–H and O–H groups in total. The molecule has 0 bridgehead atoms. The zero-order valence-electron chi connectivity index (χ0n) is 12.2. The van der Waals surface area contributed by atoms with Crippen molar-refractivity contribution < 1.29 is 14.3 Å². The number of hydrogen-bond acceptors (Lipinski definition) is 4. The van der Waals surface area contributed by atoms with E-state index in [4.69, 9.17) is 9.47 Å². The number of ether oxygens (including phenoxy) is 2. The Morgan fingerprint density at radius 1 is 1.14 bits per heavy atom. The number of nitrogens with one attached hydrogen (secondary N) is 1. The van der Waals surface area contributed by atoms with E-state index in [1.807, 2.05) is 30.3 Å². The highest BCUT2D eigenvalue weighted by Gasteiger charge is 2.39. The molecule has 5 nitrogen and oxygen atoms in total. The van der Waals surface area contributed by atoms with E-state index in [0.717, 1.165) is 38.2 Å². The fourth-order valence-corrected chi connectivity index (χ4v) is 2.91. The predicted molar refractivity (Wildman–Crippen MR) is 80.0 cm³/mol. The van der Waals surface area contributed by atoms with Crippen molar-refractivity contribution in [3.63, 3.8) is 0 Å². The first-order chi connectivity index (χ1) is 10.3. The summed E-state index contributed by atoms with van der Waals surface area (Å²) in [5.74, 6) is -0.266. The molecule has 114 valence electrons. The zero-order chi connectivity index (χ0) is 14.5. The quantitative estimate of drug-likeness (QED) is 0.919. The van der Waals surface area contributed by atoms with Crippen molar-refractivity contribution in [2.75, 3.05) is 38.2 Å². The van der Waals surface area contributed by atoms with E-state index in [1.54, 1.807) is 0 Å². The number of rotatable bonds is 4. The van der Waals surface area contributed by atoms with Gasteiger partial charge >= 0.3 is 0 Å². The Labute approximate surface area is 125 Å². The van der Waals surface area contributed by atoms with Gasteiger partial charge in [0.1, 0.15) is 0 Å². The lowest BCUT2D eigenvalue weighted by Gasteiger charge is -2.37. The summed E-state index contributed by atoms with van der Waals surface area (Å²) < 4.78 is 11.4. The summed E-state index contributed by atoms with van der Waals surface area (Å²) in [6.07, 6.45) is 2.31. The molecule has 1 aromatic carbocycles. The molecule has 0 radical (unpaired) electrons. The normalized spacial score (nSPS) is 21.5. The average Bonchev–Trinajstić information content (AvgIpc) is 2.96. The number of piperidine rings is 1. The number of likely N-dealkylation sites (tertiary alicyclic amines) is 1. The zero-order valence-corrected chi connectivity index (χ0v) is 12.2. The number of benzene rings is 1. The standard InChI is InChI=1S/C16H22N2O3/c19-15(17-14-4-2-1-3-5-14)6-9-18-10-7-16(8-11-18)20-12-13-21-16/h1-5H,6-13H2,(H,17,19). The highest BCUT2D eigenvalue weighted by Crippen LogP contribution is 2.31. The molecular weight excluding hydrogens is 268 g/mol. The van der Waals surface area contributed by atoms with Gasteiger partial charge in [0, 0.05) is 44.6 Å². The summed E-state index contributed by atoms with van der Waals surface area (Å²) in [4.78, 5) is 14.2. The fourth-order valence-electron chi connectivity index (χ4n) is 2.91. The van der Waals surface area contributed by atoms with Crippen molar-refractivity contribution in [1.29, 1.82) is 0 Å². The van der Waals surface area contributed by atoms with Gasteiger partial charge in [0.2, 0.25) is 5.91 Å². The van der Waals surface area contributed by atoms with E-state index in [0.29, 0.717) is 19.6 Å². The molecule has 2 heterocycles. The molecule has 1 aromatic rings. The SMILES string of the molecule is O=C(CCN1CCC2(CC1)OCCO2)Nc1ccccc1. The lowest BCUT2D eigenvalue weighted by atomic mass is 10.0. The molecule has 2 aliphatic rings. The van der Waals surface area contributed by atoms with E-state index in [1.165, 1.54) is 0 Å². The van der Waals surface area contributed by atoms with Gasteiger partial charge in [0.05, 0.1) is 13.2 Å². The monoisotopic (exact) mass is 290 g/mol. The molecule has 0 saturated carbocycles. The molecule has 3 rings (SSSR count). The summed E-state index contributed by atoms with van der Waals surface area (Å²) in [7, 11) is 0. The summed E-state index contributed by atoms with van der Waals surface area (Å²) in [5.41, 5.74) is 0.854. The molecule has 2 fully saturated rings. The van der Waals surface area contributed by atoms with Crippen molar-refractivity contribution in [2.45, 2.75) is 25.0 Å². The molecule has 2 saturated heterocycles. The number of carbonyl (C=O) groups is 1. The maximum Gasteiger partial charge on any atom is 0.225 e. The van der Waals surface area contributed by atoms with Crippen LogP contribution >= 0.6 is 0 Å². The number of hydrogen-bond donors (Lipinski definition) is 1. The third-order valence-corrected chi connectivity index (χ3v) is 4.14. The van der Waals surface area contributed by atoms with Gasteiger partial charge in [-0.15, -0.1) is 0 Å². The van der Waals surface area contributed by atoms with Crippen LogP contribution in [0.15, 0.2) is 30.3 Å². The minimum absolute atomic E-state index is 0.0647. The van der Waals surface area contributed by atoms with Crippen molar-refractivity contribution >= 4 is 11.6 Å². The summed E-state index contributed by atoms with van der Waals surface area (Å²) in [6.45, 7) is 4.06. The Kier molecular flexibility index (Phi) is 4.53. The topological polar surface area (TPSA) is 50.8 Å².